The third-order valence-electron chi connectivity index (χ3n) is 5.01. The van der Waals surface area contributed by atoms with Crippen LogP contribution in [0.2, 0.25) is 0 Å². The first kappa shape index (κ1) is 13.8. The van der Waals surface area contributed by atoms with Crippen molar-refractivity contribution >= 4 is 5.69 Å². The number of pyridine rings is 1. The van der Waals surface area contributed by atoms with E-state index in [-0.39, 0.29) is 0 Å². The summed E-state index contributed by atoms with van der Waals surface area (Å²) < 4.78 is 0. The van der Waals surface area contributed by atoms with Gasteiger partial charge in [0, 0.05) is 25.2 Å². The van der Waals surface area contributed by atoms with Gasteiger partial charge in [-0.25, -0.2) is 0 Å². The van der Waals surface area contributed by atoms with Crippen molar-refractivity contribution < 1.29 is 5.11 Å². The van der Waals surface area contributed by atoms with Gasteiger partial charge in [0.1, 0.15) is 0 Å². The summed E-state index contributed by atoms with van der Waals surface area (Å²) >= 11 is 0. The quantitative estimate of drug-likeness (QED) is 0.918. The van der Waals surface area contributed by atoms with Gasteiger partial charge in [0.15, 0.2) is 0 Å². The van der Waals surface area contributed by atoms with Gasteiger partial charge in [-0.05, 0) is 44.9 Å². The molecule has 3 rings (SSSR count). The van der Waals surface area contributed by atoms with Crippen LogP contribution in [0.15, 0.2) is 18.3 Å². The molecule has 0 amide bonds. The van der Waals surface area contributed by atoms with E-state index in [4.69, 9.17) is 0 Å². The third kappa shape index (κ3) is 2.54. The van der Waals surface area contributed by atoms with Gasteiger partial charge in [0.25, 0.3) is 0 Å². The average molecular weight is 275 g/mol. The SMILES string of the molecule is CCC(O)c1ccc(N2CCC3CCC(C2)N3C)cn1. The van der Waals surface area contributed by atoms with Crippen molar-refractivity contribution in [2.45, 2.75) is 50.8 Å². The third-order valence-corrected chi connectivity index (χ3v) is 5.01. The van der Waals surface area contributed by atoms with Crippen LogP contribution in [0.25, 0.3) is 0 Å². The van der Waals surface area contributed by atoms with Crippen LogP contribution in [0.4, 0.5) is 5.69 Å². The van der Waals surface area contributed by atoms with Crippen LogP contribution in [0, 0.1) is 0 Å². The lowest BCUT2D eigenvalue weighted by Crippen LogP contribution is -2.36. The lowest BCUT2D eigenvalue weighted by Gasteiger charge is -2.27. The van der Waals surface area contributed by atoms with Crippen LogP contribution < -0.4 is 4.90 Å². The molecule has 0 radical (unpaired) electrons. The van der Waals surface area contributed by atoms with Crippen LogP contribution in [-0.2, 0) is 0 Å². The number of hydrogen-bond acceptors (Lipinski definition) is 4. The summed E-state index contributed by atoms with van der Waals surface area (Å²) in [6, 6.07) is 5.53. The Kier molecular flexibility index (Phi) is 3.94. The average Bonchev–Trinajstić information content (AvgIpc) is 2.72. The zero-order valence-electron chi connectivity index (χ0n) is 12.5. The molecule has 20 heavy (non-hydrogen) atoms. The number of aliphatic hydroxyl groups is 1. The van der Waals surface area contributed by atoms with Crippen molar-refractivity contribution in [3.63, 3.8) is 0 Å². The minimum Gasteiger partial charge on any atom is -0.387 e. The molecule has 2 aliphatic heterocycles. The van der Waals surface area contributed by atoms with Crippen molar-refractivity contribution in [3.8, 4) is 0 Å². The Morgan fingerprint density at radius 2 is 2.10 bits per heavy atom. The highest BCUT2D eigenvalue weighted by Crippen LogP contribution is 2.30. The maximum absolute atomic E-state index is 9.81. The van der Waals surface area contributed by atoms with E-state index in [1.165, 1.54) is 24.9 Å². The molecule has 2 fully saturated rings. The Labute approximate surface area is 121 Å². The molecule has 4 heteroatoms. The first-order valence-corrected chi connectivity index (χ1v) is 7.80. The zero-order chi connectivity index (χ0) is 14.1. The van der Waals surface area contributed by atoms with Crippen molar-refractivity contribution in [3.05, 3.63) is 24.0 Å². The molecule has 1 aromatic heterocycles. The van der Waals surface area contributed by atoms with E-state index in [0.29, 0.717) is 12.5 Å². The molecule has 0 saturated carbocycles. The highest BCUT2D eigenvalue weighted by molar-refractivity contribution is 5.45. The second-order valence-corrected chi connectivity index (χ2v) is 6.15. The molecule has 3 unspecified atom stereocenters. The summed E-state index contributed by atoms with van der Waals surface area (Å²) in [5.74, 6) is 0. The summed E-state index contributed by atoms with van der Waals surface area (Å²) in [6.45, 7) is 4.19. The maximum atomic E-state index is 9.81. The molecule has 0 aliphatic carbocycles. The van der Waals surface area contributed by atoms with E-state index < -0.39 is 6.10 Å². The second-order valence-electron chi connectivity index (χ2n) is 6.15. The van der Waals surface area contributed by atoms with Crippen LogP contribution in [-0.4, -0.2) is 47.2 Å². The summed E-state index contributed by atoms with van der Waals surface area (Å²) in [6.07, 6.45) is 6.12. The number of anilines is 1. The minimum absolute atomic E-state index is 0.435. The number of aliphatic hydroxyl groups excluding tert-OH is 1. The fraction of sp³-hybridized carbons (Fsp3) is 0.688. The smallest absolute Gasteiger partial charge is 0.0957 e. The highest BCUT2D eigenvalue weighted by Gasteiger charge is 2.34. The standard InChI is InChI=1S/C16H25N3O/c1-3-16(20)15-7-6-13(10-17-15)19-9-8-12-4-5-14(11-19)18(12)2/h6-7,10,12,14,16,20H,3-5,8-9,11H2,1-2H3. The van der Waals surface area contributed by atoms with Crippen molar-refractivity contribution in [1.29, 1.82) is 0 Å². The number of nitrogens with zero attached hydrogens (tertiary/aromatic N) is 3. The van der Waals surface area contributed by atoms with E-state index in [0.717, 1.165) is 24.8 Å². The van der Waals surface area contributed by atoms with Gasteiger partial charge < -0.3 is 10.0 Å². The molecule has 3 heterocycles. The van der Waals surface area contributed by atoms with Crippen LogP contribution in [0.3, 0.4) is 0 Å². The summed E-state index contributed by atoms with van der Waals surface area (Å²) in [5, 5.41) is 9.81. The highest BCUT2D eigenvalue weighted by atomic mass is 16.3. The summed E-state index contributed by atoms with van der Waals surface area (Å²) in [5.41, 5.74) is 1.97. The van der Waals surface area contributed by atoms with Gasteiger partial charge >= 0.3 is 0 Å². The van der Waals surface area contributed by atoms with Crippen LogP contribution in [0.5, 0.6) is 0 Å². The molecule has 2 saturated heterocycles. The van der Waals surface area contributed by atoms with E-state index >= 15 is 0 Å². The monoisotopic (exact) mass is 275 g/mol. The number of likely N-dealkylation sites (N-methyl/N-ethyl adjacent to an activating group) is 1. The number of hydrogen-bond donors (Lipinski definition) is 1. The molecule has 4 nitrogen and oxygen atoms in total. The Morgan fingerprint density at radius 1 is 1.30 bits per heavy atom. The van der Waals surface area contributed by atoms with E-state index in [9.17, 15) is 5.11 Å². The normalized spacial score (nSPS) is 28.4. The zero-order valence-corrected chi connectivity index (χ0v) is 12.5. The predicted octanol–water partition coefficient (Wildman–Crippen LogP) is 2.20. The Bertz CT molecular complexity index is 448. The molecule has 1 N–H and O–H groups in total. The number of fused-ring (bicyclic) bond motifs is 2. The van der Waals surface area contributed by atoms with Gasteiger partial charge in [-0.15, -0.1) is 0 Å². The Hall–Kier alpha value is -1.13. The predicted molar refractivity (Wildman–Crippen MR) is 80.9 cm³/mol. The van der Waals surface area contributed by atoms with Gasteiger partial charge in [-0.2, -0.15) is 0 Å². The first-order valence-electron chi connectivity index (χ1n) is 7.80. The summed E-state index contributed by atoms with van der Waals surface area (Å²) in [4.78, 5) is 9.44. The molecule has 0 aromatic carbocycles. The minimum atomic E-state index is -0.435. The van der Waals surface area contributed by atoms with Crippen molar-refractivity contribution in [2.24, 2.45) is 0 Å². The lowest BCUT2D eigenvalue weighted by atomic mass is 10.1. The molecular weight excluding hydrogens is 250 g/mol. The van der Waals surface area contributed by atoms with E-state index in [1.54, 1.807) is 0 Å². The molecule has 0 spiro atoms. The van der Waals surface area contributed by atoms with Crippen molar-refractivity contribution in [2.75, 3.05) is 25.0 Å². The molecule has 3 atom stereocenters. The largest absolute Gasteiger partial charge is 0.387 e. The molecule has 2 aliphatic rings. The van der Waals surface area contributed by atoms with E-state index in [1.807, 2.05) is 19.2 Å². The first-order chi connectivity index (χ1) is 9.69. The molecule has 110 valence electrons. The number of rotatable bonds is 3. The lowest BCUT2D eigenvalue weighted by molar-refractivity contribution is 0.169. The molecule has 1 aromatic rings. The second kappa shape index (κ2) is 5.70. The van der Waals surface area contributed by atoms with E-state index in [2.05, 4.69) is 27.9 Å². The number of aromatic nitrogens is 1. The van der Waals surface area contributed by atoms with Gasteiger partial charge in [-0.3, -0.25) is 9.88 Å². The maximum Gasteiger partial charge on any atom is 0.0957 e. The topological polar surface area (TPSA) is 39.6 Å². The molecular formula is C16H25N3O. The fourth-order valence-corrected chi connectivity index (χ4v) is 3.53. The Balaban J connectivity index is 1.73. The molecule has 2 bridgehead atoms. The summed E-state index contributed by atoms with van der Waals surface area (Å²) in [7, 11) is 2.27. The Morgan fingerprint density at radius 3 is 2.80 bits per heavy atom. The van der Waals surface area contributed by atoms with Gasteiger partial charge in [0.2, 0.25) is 0 Å². The van der Waals surface area contributed by atoms with Crippen LogP contribution >= 0.6 is 0 Å². The van der Waals surface area contributed by atoms with Crippen LogP contribution in [0.1, 0.15) is 44.4 Å². The van der Waals surface area contributed by atoms with Crippen molar-refractivity contribution in [1.82, 2.24) is 9.88 Å². The van der Waals surface area contributed by atoms with Gasteiger partial charge in [0.05, 0.1) is 23.7 Å². The van der Waals surface area contributed by atoms with Gasteiger partial charge in [-0.1, -0.05) is 6.92 Å². The fourth-order valence-electron chi connectivity index (χ4n) is 3.53.